The Kier molecular flexibility index (Phi) is 2.90. The average molecular weight is 267 g/mol. The minimum Gasteiger partial charge on any atom is -0.352 e. The zero-order chi connectivity index (χ0) is 14.3. The van der Waals surface area contributed by atoms with Crippen molar-refractivity contribution >= 4 is 17.2 Å². The van der Waals surface area contributed by atoms with Gasteiger partial charge >= 0.3 is 0 Å². The van der Waals surface area contributed by atoms with Crippen molar-refractivity contribution in [3.05, 3.63) is 58.9 Å². The van der Waals surface area contributed by atoms with Gasteiger partial charge in [0.05, 0.1) is 11.2 Å². The number of para-hydroxylation sites is 1. The SMILES string of the molecule is Cc1ccc(-c2[nH]c3c(F)cccc3c2C=O)c(C)c1. The van der Waals surface area contributed by atoms with Gasteiger partial charge in [0.15, 0.2) is 6.29 Å². The topological polar surface area (TPSA) is 32.9 Å². The fourth-order valence-electron chi connectivity index (χ4n) is 2.63. The summed E-state index contributed by atoms with van der Waals surface area (Å²) >= 11 is 0. The first-order valence-corrected chi connectivity index (χ1v) is 6.45. The summed E-state index contributed by atoms with van der Waals surface area (Å²) in [6.45, 7) is 4.00. The summed E-state index contributed by atoms with van der Waals surface area (Å²) in [6.07, 6.45) is 0.785. The maximum atomic E-state index is 13.8. The Bertz CT molecular complexity index is 817. The highest BCUT2D eigenvalue weighted by Gasteiger charge is 2.16. The number of hydrogen-bond donors (Lipinski definition) is 1. The van der Waals surface area contributed by atoms with Gasteiger partial charge in [-0.15, -0.1) is 0 Å². The molecule has 1 N–H and O–H groups in total. The molecule has 0 aliphatic rings. The van der Waals surface area contributed by atoms with Gasteiger partial charge in [-0.1, -0.05) is 35.9 Å². The Balaban J connectivity index is 2.36. The van der Waals surface area contributed by atoms with E-state index < -0.39 is 0 Å². The second-order valence-corrected chi connectivity index (χ2v) is 5.01. The highest BCUT2D eigenvalue weighted by Crippen LogP contribution is 2.32. The van der Waals surface area contributed by atoms with E-state index in [1.807, 2.05) is 32.0 Å². The first-order valence-electron chi connectivity index (χ1n) is 6.45. The van der Waals surface area contributed by atoms with Crippen LogP contribution in [0.2, 0.25) is 0 Å². The molecule has 0 unspecified atom stereocenters. The number of H-pyrrole nitrogens is 1. The van der Waals surface area contributed by atoms with Gasteiger partial charge in [0, 0.05) is 16.5 Å². The summed E-state index contributed by atoms with van der Waals surface area (Å²) in [7, 11) is 0. The third-order valence-corrected chi connectivity index (χ3v) is 3.59. The van der Waals surface area contributed by atoms with Gasteiger partial charge in [0.2, 0.25) is 0 Å². The fourth-order valence-corrected chi connectivity index (χ4v) is 2.63. The van der Waals surface area contributed by atoms with Gasteiger partial charge in [-0.2, -0.15) is 0 Å². The van der Waals surface area contributed by atoms with Gasteiger partial charge in [-0.3, -0.25) is 4.79 Å². The van der Waals surface area contributed by atoms with Crippen molar-refractivity contribution in [1.82, 2.24) is 4.98 Å². The van der Waals surface area contributed by atoms with Crippen LogP contribution in [-0.2, 0) is 0 Å². The summed E-state index contributed by atoms with van der Waals surface area (Å²) < 4.78 is 13.8. The van der Waals surface area contributed by atoms with E-state index in [2.05, 4.69) is 4.98 Å². The predicted octanol–water partition coefficient (Wildman–Crippen LogP) is 4.40. The minimum atomic E-state index is -0.346. The van der Waals surface area contributed by atoms with Crippen LogP contribution in [0, 0.1) is 19.7 Å². The molecule has 1 aromatic heterocycles. The van der Waals surface area contributed by atoms with Crippen LogP contribution >= 0.6 is 0 Å². The van der Waals surface area contributed by atoms with Crippen LogP contribution in [0.25, 0.3) is 22.2 Å². The Morgan fingerprint density at radius 2 is 1.95 bits per heavy atom. The monoisotopic (exact) mass is 267 g/mol. The second-order valence-electron chi connectivity index (χ2n) is 5.01. The molecule has 0 bridgehead atoms. The fraction of sp³-hybridized carbons (Fsp3) is 0.118. The van der Waals surface area contributed by atoms with Gasteiger partial charge in [-0.25, -0.2) is 4.39 Å². The van der Waals surface area contributed by atoms with E-state index >= 15 is 0 Å². The maximum Gasteiger partial charge on any atom is 0.152 e. The van der Waals surface area contributed by atoms with E-state index in [9.17, 15) is 9.18 Å². The smallest absolute Gasteiger partial charge is 0.152 e. The molecule has 2 aromatic carbocycles. The van der Waals surface area contributed by atoms with Crippen molar-refractivity contribution in [2.45, 2.75) is 13.8 Å². The number of aldehydes is 1. The van der Waals surface area contributed by atoms with Crippen LogP contribution in [0.1, 0.15) is 21.5 Å². The minimum absolute atomic E-state index is 0.346. The van der Waals surface area contributed by atoms with Crippen LogP contribution in [0.5, 0.6) is 0 Å². The highest BCUT2D eigenvalue weighted by molar-refractivity contribution is 6.04. The molecule has 0 saturated heterocycles. The predicted molar refractivity (Wildman–Crippen MR) is 78.6 cm³/mol. The summed E-state index contributed by atoms with van der Waals surface area (Å²) in [4.78, 5) is 14.5. The molecule has 0 radical (unpaired) electrons. The zero-order valence-corrected chi connectivity index (χ0v) is 11.3. The summed E-state index contributed by atoms with van der Waals surface area (Å²) in [6, 6.07) is 10.7. The van der Waals surface area contributed by atoms with E-state index in [4.69, 9.17) is 0 Å². The standard InChI is InChI=1S/C17H14FNO/c1-10-6-7-12(11(2)8-10)16-14(9-20)13-4-3-5-15(18)17(13)19-16/h3-9,19H,1-2H3. The maximum absolute atomic E-state index is 13.8. The number of halogens is 1. The third kappa shape index (κ3) is 1.83. The van der Waals surface area contributed by atoms with Gasteiger partial charge in [0.1, 0.15) is 5.82 Å². The number of hydrogen-bond acceptors (Lipinski definition) is 1. The number of carbonyl (C=O) groups is 1. The number of carbonyl (C=O) groups excluding carboxylic acids is 1. The molecule has 0 saturated carbocycles. The number of aromatic nitrogens is 1. The van der Waals surface area contributed by atoms with Crippen LogP contribution in [0.3, 0.4) is 0 Å². The average Bonchev–Trinajstić information content (AvgIpc) is 2.78. The summed E-state index contributed by atoms with van der Waals surface area (Å²) in [5.41, 5.74) is 4.70. The molecule has 3 heteroatoms. The lowest BCUT2D eigenvalue weighted by atomic mass is 10.00. The summed E-state index contributed by atoms with van der Waals surface area (Å²) in [5, 5.41) is 0.620. The van der Waals surface area contributed by atoms with Crippen LogP contribution in [-0.4, -0.2) is 11.3 Å². The molecule has 3 rings (SSSR count). The van der Waals surface area contributed by atoms with Crippen molar-refractivity contribution < 1.29 is 9.18 Å². The second kappa shape index (κ2) is 4.60. The molecule has 0 aliphatic carbocycles. The molecule has 0 atom stereocenters. The quantitative estimate of drug-likeness (QED) is 0.686. The Morgan fingerprint density at radius 3 is 2.65 bits per heavy atom. The molecule has 2 nitrogen and oxygen atoms in total. The molecule has 0 amide bonds. The van der Waals surface area contributed by atoms with Crippen molar-refractivity contribution in [1.29, 1.82) is 0 Å². The molecular formula is C17H14FNO. The number of aryl methyl sites for hydroxylation is 2. The number of benzene rings is 2. The Hall–Kier alpha value is -2.42. The van der Waals surface area contributed by atoms with Crippen molar-refractivity contribution in [2.75, 3.05) is 0 Å². The largest absolute Gasteiger partial charge is 0.352 e. The third-order valence-electron chi connectivity index (χ3n) is 3.59. The number of aromatic amines is 1. The first kappa shape index (κ1) is 12.6. The van der Waals surface area contributed by atoms with Crippen molar-refractivity contribution in [2.24, 2.45) is 0 Å². The Morgan fingerprint density at radius 1 is 1.15 bits per heavy atom. The molecule has 1 heterocycles. The van der Waals surface area contributed by atoms with E-state index in [1.54, 1.807) is 12.1 Å². The van der Waals surface area contributed by atoms with E-state index in [0.717, 1.165) is 23.0 Å². The van der Waals surface area contributed by atoms with Gasteiger partial charge in [0.25, 0.3) is 0 Å². The Labute approximate surface area is 116 Å². The van der Waals surface area contributed by atoms with Gasteiger partial charge < -0.3 is 4.98 Å². The number of rotatable bonds is 2. The molecule has 0 fully saturated rings. The first-order chi connectivity index (χ1) is 9.61. The molecular weight excluding hydrogens is 253 g/mol. The van der Waals surface area contributed by atoms with Gasteiger partial charge in [-0.05, 0) is 25.5 Å². The molecule has 100 valence electrons. The molecule has 0 spiro atoms. The van der Waals surface area contributed by atoms with Crippen LogP contribution in [0.15, 0.2) is 36.4 Å². The molecule has 3 aromatic rings. The van der Waals surface area contributed by atoms with Crippen molar-refractivity contribution in [3.63, 3.8) is 0 Å². The van der Waals surface area contributed by atoms with E-state index in [1.165, 1.54) is 6.07 Å². The zero-order valence-electron chi connectivity index (χ0n) is 11.3. The highest BCUT2D eigenvalue weighted by atomic mass is 19.1. The normalized spacial score (nSPS) is 10.9. The van der Waals surface area contributed by atoms with E-state index in [0.29, 0.717) is 22.2 Å². The van der Waals surface area contributed by atoms with Crippen LogP contribution < -0.4 is 0 Å². The summed E-state index contributed by atoms with van der Waals surface area (Å²) in [5.74, 6) is -0.346. The van der Waals surface area contributed by atoms with Crippen LogP contribution in [0.4, 0.5) is 4.39 Å². The van der Waals surface area contributed by atoms with E-state index in [-0.39, 0.29) is 5.82 Å². The lowest BCUT2D eigenvalue weighted by Gasteiger charge is -2.06. The van der Waals surface area contributed by atoms with Crippen molar-refractivity contribution in [3.8, 4) is 11.3 Å². The number of nitrogens with one attached hydrogen (secondary N) is 1. The lowest BCUT2D eigenvalue weighted by Crippen LogP contribution is -1.89. The molecule has 20 heavy (non-hydrogen) atoms. The lowest BCUT2D eigenvalue weighted by molar-refractivity contribution is 0.112. The molecule has 0 aliphatic heterocycles. The number of fused-ring (bicyclic) bond motifs is 1.